The lowest BCUT2D eigenvalue weighted by Crippen LogP contribution is -2.46. The van der Waals surface area contributed by atoms with E-state index in [1.165, 1.54) is 11.7 Å². The van der Waals surface area contributed by atoms with E-state index in [-0.39, 0.29) is 17.9 Å². The van der Waals surface area contributed by atoms with Gasteiger partial charge in [0.15, 0.2) is 5.78 Å². The maximum atomic E-state index is 11.3. The van der Waals surface area contributed by atoms with Crippen LogP contribution in [0.5, 0.6) is 5.75 Å². The highest BCUT2D eigenvalue weighted by atomic mass is 16.5. The maximum absolute atomic E-state index is 11.3. The molecule has 1 fully saturated rings. The van der Waals surface area contributed by atoms with Gasteiger partial charge in [0.2, 0.25) is 5.82 Å². The zero-order valence-electron chi connectivity index (χ0n) is 16.8. The van der Waals surface area contributed by atoms with Crippen molar-refractivity contribution >= 4 is 11.4 Å². The van der Waals surface area contributed by atoms with Crippen LogP contribution in [-0.4, -0.2) is 44.7 Å². The van der Waals surface area contributed by atoms with Gasteiger partial charge in [-0.2, -0.15) is 4.80 Å². The SMILES string of the molecule is CC(=O)Cn1nnc(-c2cccc(C3=CC4(CCNCC4)Oc4ccccc43)c2)n1. The summed E-state index contributed by atoms with van der Waals surface area (Å²) in [5.74, 6) is 1.42. The third kappa shape index (κ3) is 3.52. The summed E-state index contributed by atoms with van der Waals surface area (Å²) in [6.45, 7) is 3.51. The van der Waals surface area contributed by atoms with Crippen LogP contribution in [0.4, 0.5) is 0 Å². The molecule has 0 radical (unpaired) electrons. The summed E-state index contributed by atoms with van der Waals surface area (Å²) in [6, 6.07) is 16.4. The first-order valence-corrected chi connectivity index (χ1v) is 10.2. The van der Waals surface area contributed by atoms with E-state index in [0.717, 1.165) is 53.9 Å². The van der Waals surface area contributed by atoms with Crippen LogP contribution in [-0.2, 0) is 11.3 Å². The first-order chi connectivity index (χ1) is 14.6. The molecule has 7 nitrogen and oxygen atoms in total. The first-order valence-electron chi connectivity index (χ1n) is 10.2. The standard InChI is InChI=1S/C23H23N5O2/c1-16(29)15-28-26-22(25-27-28)18-6-4-5-17(13-18)20-14-23(9-11-24-12-10-23)30-21-8-3-2-7-19(20)21/h2-8,13-14,24H,9-12,15H2,1H3. The van der Waals surface area contributed by atoms with Gasteiger partial charge in [-0.05, 0) is 54.6 Å². The van der Waals surface area contributed by atoms with Crippen molar-refractivity contribution in [3.63, 3.8) is 0 Å². The fourth-order valence-electron chi connectivity index (χ4n) is 4.15. The number of hydrogen-bond donors (Lipinski definition) is 1. The summed E-state index contributed by atoms with van der Waals surface area (Å²) in [5.41, 5.74) is 3.92. The molecule has 1 aromatic heterocycles. The smallest absolute Gasteiger partial charge is 0.204 e. The number of aromatic nitrogens is 4. The first kappa shape index (κ1) is 18.7. The Morgan fingerprint density at radius 2 is 1.93 bits per heavy atom. The molecule has 5 rings (SSSR count). The quantitative estimate of drug-likeness (QED) is 0.724. The van der Waals surface area contributed by atoms with E-state index in [1.54, 1.807) is 0 Å². The average Bonchev–Trinajstić information content (AvgIpc) is 3.22. The molecular weight excluding hydrogens is 378 g/mol. The van der Waals surface area contributed by atoms with Gasteiger partial charge in [0.1, 0.15) is 17.9 Å². The summed E-state index contributed by atoms with van der Waals surface area (Å²) < 4.78 is 6.48. The maximum Gasteiger partial charge on any atom is 0.204 e. The van der Waals surface area contributed by atoms with Crippen LogP contribution in [0.25, 0.3) is 17.0 Å². The molecule has 0 aliphatic carbocycles. The minimum Gasteiger partial charge on any atom is -0.482 e. The molecule has 0 unspecified atom stereocenters. The third-order valence-electron chi connectivity index (χ3n) is 5.60. The van der Waals surface area contributed by atoms with Gasteiger partial charge in [-0.3, -0.25) is 4.79 Å². The topological polar surface area (TPSA) is 81.9 Å². The van der Waals surface area contributed by atoms with Gasteiger partial charge in [-0.15, -0.1) is 10.2 Å². The minimum atomic E-state index is -0.284. The number of tetrazole rings is 1. The van der Waals surface area contributed by atoms with E-state index in [2.05, 4.69) is 45.0 Å². The number of nitrogens with one attached hydrogen (secondary N) is 1. The molecule has 1 spiro atoms. The van der Waals surface area contributed by atoms with E-state index < -0.39 is 0 Å². The molecule has 1 N–H and O–H groups in total. The lowest BCUT2D eigenvalue weighted by Gasteiger charge is -2.40. The summed E-state index contributed by atoms with van der Waals surface area (Å²) in [6.07, 6.45) is 4.16. The van der Waals surface area contributed by atoms with Crippen molar-refractivity contribution in [1.29, 1.82) is 0 Å². The molecule has 2 aliphatic rings. The molecule has 0 amide bonds. The number of nitrogens with zero attached hydrogens (tertiary/aromatic N) is 4. The second-order valence-corrected chi connectivity index (χ2v) is 7.90. The van der Waals surface area contributed by atoms with Crippen molar-refractivity contribution in [2.75, 3.05) is 13.1 Å². The Bertz CT molecular complexity index is 1130. The number of Topliss-reactive ketones (excluding diaryl/α,β-unsaturated/α-hetero) is 1. The molecule has 1 saturated heterocycles. The van der Waals surface area contributed by atoms with E-state index in [9.17, 15) is 4.79 Å². The Morgan fingerprint density at radius 3 is 2.77 bits per heavy atom. The Hall–Kier alpha value is -3.32. The van der Waals surface area contributed by atoms with Gasteiger partial charge in [-0.1, -0.05) is 36.4 Å². The van der Waals surface area contributed by atoms with Gasteiger partial charge in [0.25, 0.3) is 0 Å². The van der Waals surface area contributed by atoms with Crippen molar-refractivity contribution in [2.24, 2.45) is 0 Å². The van der Waals surface area contributed by atoms with Crippen LogP contribution in [0.1, 0.15) is 30.9 Å². The van der Waals surface area contributed by atoms with Gasteiger partial charge in [0.05, 0.1) is 0 Å². The molecule has 2 aromatic carbocycles. The van der Waals surface area contributed by atoms with Gasteiger partial charge >= 0.3 is 0 Å². The number of para-hydroxylation sites is 1. The zero-order valence-corrected chi connectivity index (χ0v) is 16.8. The van der Waals surface area contributed by atoms with Crippen LogP contribution in [0.3, 0.4) is 0 Å². The van der Waals surface area contributed by atoms with Crippen molar-refractivity contribution in [3.05, 3.63) is 65.7 Å². The molecule has 30 heavy (non-hydrogen) atoms. The summed E-state index contributed by atoms with van der Waals surface area (Å²) in [4.78, 5) is 12.7. The van der Waals surface area contributed by atoms with Crippen molar-refractivity contribution < 1.29 is 9.53 Å². The monoisotopic (exact) mass is 401 g/mol. The van der Waals surface area contributed by atoms with E-state index in [4.69, 9.17) is 4.74 Å². The number of carbonyl (C=O) groups excluding carboxylic acids is 1. The Balaban J connectivity index is 1.56. The van der Waals surface area contributed by atoms with Crippen LogP contribution in [0.2, 0.25) is 0 Å². The van der Waals surface area contributed by atoms with Gasteiger partial charge < -0.3 is 10.1 Å². The molecule has 2 aliphatic heterocycles. The molecule has 152 valence electrons. The number of hydrogen-bond acceptors (Lipinski definition) is 6. The second kappa shape index (κ2) is 7.50. The minimum absolute atomic E-state index is 0.0102. The average molecular weight is 401 g/mol. The van der Waals surface area contributed by atoms with Crippen LogP contribution >= 0.6 is 0 Å². The molecule has 0 saturated carbocycles. The normalized spacial score (nSPS) is 17.2. The molecule has 7 heteroatoms. The van der Waals surface area contributed by atoms with E-state index >= 15 is 0 Å². The molecule has 0 atom stereocenters. The van der Waals surface area contributed by atoms with Crippen molar-refractivity contribution in [1.82, 2.24) is 25.5 Å². The molecule has 3 aromatic rings. The predicted molar refractivity (Wildman–Crippen MR) is 113 cm³/mol. The van der Waals surface area contributed by atoms with E-state index in [1.807, 2.05) is 30.3 Å². The van der Waals surface area contributed by atoms with Crippen LogP contribution in [0.15, 0.2) is 54.6 Å². The van der Waals surface area contributed by atoms with Crippen LogP contribution < -0.4 is 10.1 Å². The second-order valence-electron chi connectivity index (χ2n) is 7.90. The highest BCUT2D eigenvalue weighted by Crippen LogP contribution is 2.42. The number of ether oxygens (including phenoxy) is 1. The number of fused-ring (bicyclic) bond motifs is 1. The Kier molecular flexibility index (Phi) is 4.67. The summed E-state index contributed by atoms with van der Waals surface area (Å²) >= 11 is 0. The summed E-state index contributed by atoms with van der Waals surface area (Å²) in [7, 11) is 0. The van der Waals surface area contributed by atoms with E-state index in [0.29, 0.717) is 5.82 Å². The molecule has 3 heterocycles. The fraction of sp³-hybridized carbons (Fsp3) is 0.304. The van der Waals surface area contributed by atoms with Gasteiger partial charge in [0, 0.05) is 24.0 Å². The predicted octanol–water partition coefficient (Wildman–Crippen LogP) is 2.88. The third-order valence-corrected chi connectivity index (χ3v) is 5.60. The summed E-state index contributed by atoms with van der Waals surface area (Å²) in [5, 5.41) is 15.9. The number of ketones is 1. The van der Waals surface area contributed by atoms with Crippen molar-refractivity contribution in [3.8, 4) is 17.1 Å². The number of piperidine rings is 1. The van der Waals surface area contributed by atoms with Crippen molar-refractivity contribution in [2.45, 2.75) is 31.9 Å². The highest BCUT2D eigenvalue weighted by Gasteiger charge is 2.37. The Morgan fingerprint density at radius 1 is 1.13 bits per heavy atom. The highest BCUT2D eigenvalue weighted by molar-refractivity contribution is 5.86. The molecule has 0 bridgehead atoms. The number of benzene rings is 2. The lowest BCUT2D eigenvalue weighted by atomic mass is 9.83. The van der Waals surface area contributed by atoms with Gasteiger partial charge in [-0.25, -0.2) is 0 Å². The number of rotatable bonds is 4. The molecular formula is C23H23N5O2. The van der Waals surface area contributed by atoms with Crippen LogP contribution in [0, 0.1) is 0 Å². The fourth-order valence-corrected chi connectivity index (χ4v) is 4.15. The number of carbonyl (C=O) groups is 1. The largest absolute Gasteiger partial charge is 0.482 e. The zero-order chi connectivity index (χ0) is 20.6. The lowest BCUT2D eigenvalue weighted by molar-refractivity contribution is -0.117. The Labute approximate surface area is 174 Å².